The Bertz CT molecular complexity index is 665. The standard InChI is InChI=1S/C16H14ClNO2S/c17-14-8-11(18)5-6-13(14)16(19)20-9-12-7-10-3-1-2-4-15(10)21-12/h1-6,8,12H,7,9,18H2. The van der Waals surface area contributed by atoms with E-state index in [-0.39, 0.29) is 5.25 Å². The van der Waals surface area contributed by atoms with Crippen LogP contribution in [0.15, 0.2) is 47.4 Å². The first-order chi connectivity index (χ1) is 10.1. The van der Waals surface area contributed by atoms with Crippen molar-refractivity contribution in [2.45, 2.75) is 16.6 Å². The van der Waals surface area contributed by atoms with Gasteiger partial charge in [-0.25, -0.2) is 4.79 Å². The topological polar surface area (TPSA) is 52.3 Å². The highest BCUT2D eigenvalue weighted by Crippen LogP contribution is 2.36. The van der Waals surface area contributed by atoms with E-state index in [2.05, 4.69) is 12.1 Å². The van der Waals surface area contributed by atoms with E-state index in [0.717, 1.165) is 6.42 Å². The summed E-state index contributed by atoms with van der Waals surface area (Å²) >= 11 is 7.76. The van der Waals surface area contributed by atoms with Crippen molar-refractivity contribution in [2.75, 3.05) is 12.3 Å². The third-order valence-corrected chi connectivity index (χ3v) is 4.93. The molecule has 3 nitrogen and oxygen atoms in total. The molecule has 1 unspecified atom stereocenters. The fourth-order valence-corrected chi connectivity index (χ4v) is 3.77. The molecule has 0 fully saturated rings. The van der Waals surface area contributed by atoms with Gasteiger partial charge in [-0.05, 0) is 36.2 Å². The van der Waals surface area contributed by atoms with Crippen LogP contribution in [-0.2, 0) is 11.2 Å². The van der Waals surface area contributed by atoms with Crippen LogP contribution >= 0.6 is 23.4 Å². The third-order valence-electron chi connectivity index (χ3n) is 3.33. The first-order valence-electron chi connectivity index (χ1n) is 6.60. The molecule has 2 N–H and O–H groups in total. The quantitative estimate of drug-likeness (QED) is 0.690. The third kappa shape index (κ3) is 3.17. The van der Waals surface area contributed by atoms with Crippen LogP contribution < -0.4 is 5.73 Å². The highest BCUT2D eigenvalue weighted by Gasteiger charge is 2.23. The number of carbonyl (C=O) groups excluding carboxylic acids is 1. The Morgan fingerprint density at radius 2 is 2.14 bits per heavy atom. The van der Waals surface area contributed by atoms with E-state index >= 15 is 0 Å². The molecule has 5 heteroatoms. The van der Waals surface area contributed by atoms with E-state index in [1.807, 2.05) is 12.1 Å². The number of hydrogen-bond donors (Lipinski definition) is 1. The van der Waals surface area contributed by atoms with Gasteiger partial charge in [0.15, 0.2) is 0 Å². The van der Waals surface area contributed by atoms with Crippen molar-refractivity contribution < 1.29 is 9.53 Å². The fraction of sp³-hybridized carbons (Fsp3) is 0.188. The maximum atomic E-state index is 12.0. The first kappa shape index (κ1) is 14.3. The monoisotopic (exact) mass is 319 g/mol. The maximum Gasteiger partial charge on any atom is 0.339 e. The number of anilines is 1. The van der Waals surface area contributed by atoms with Crippen LogP contribution in [0.25, 0.3) is 0 Å². The Hall–Kier alpha value is -1.65. The minimum absolute atomic E-state index is 0.263. The second-order valence-electron chi connectivity index (χ2n) is 4.89. The lowest BCUT2D eigenvalue weighted by atomic mass is 10.1. The summed E-state index contributed by atoms with van der Waals surface area (Å²) in [6.07, 6.45) is 0.920. The molecule has 2 aromatic carbocycles. The number of thioether (sulfide) groups is 1. The van der Waals surface area contributed by atoms with E-state index in [9.17, 15) is 4.79 Å². The molecule has 0 saturated heterocycles. The number of hydrogen-bond acceptors (Lipinski definition) is 4. The number of nitrogens with two attached hydrogens (primary N) is 1. The molecular formula is C16H14ClNO2S. The van der Waals surface area contributed by atoms with Crippen LogP contribution in [0.4, 0.5) is 5.69 Å². The predicted molar refractivity (Wildman–Crippen MR) is 85.9 cm³/mol. The Morgan fingerprint density at radius 1 is 1.33 bits per heavy atom. The summed E-state index contributed by atoms with van der Waals surface area (Å²) in [7, 11) is 0. The molecule has 1 heterocycles. The molecule has 2 aromatic rings. The van der Waals surface area contributed by atoms with Gasteiger partial charge in [0.05, 0.1) is 10.6 Å². The fourth-order valence-electron chi connectivity index (χ4n) is 2.29. The number of carbonyl (C=O) groups is 1. The lowest BCUT2D eigenvalue weighted by molar-refractivity contribution is 0.0507. The number of halogens is 1. The molecule has 0 amide bonds. The van der Waals surface area contributed by atoms with Gasteiger partial charge in [0.25, 0.3) is 0 Å². The van der Waals surface area contributed by atoms with E-state index in [4.69, 9.17) is 22.1 Å². The summed E-state index contributed by atoms with van der Waals surface area (Å²) < 4.78 is 5.38. The van der Waals surface area contributed by atoms with Gasteiger partial charge >= 0.3 is 5.97 Å². The van der Waals surface area contributed by atoms with Crippen molar-refractivity contribution in [1.29, 1.82) is 0 Å². The van der Waals surface area contributed by atoms with E-state index in [1.165, 1.54) is 10.5 Å². The van der Waals surface area contributed by atoms with Crippen molar-refractivity contribution in [1.82, 2.24) is 0 Å². The van der Waals surface area contributed by atoms with Crippen molar-refractivity contribution in [2.24, 2.45) is 0 Å². The average molecular weight is 320 g/mol. The minimum atomic E-state index is -0.406. The Balaban J connectivity index is 1.60. The van der Waals surface area contributed by atoms with Crippen molar-refractivity contribution in [3.05, 3.63) is 58.6 Å². The molecule has 1 aliphatic rings. The number of fused-ring (bicyclic) bond motifs is 1. The van der Waals surface area contributed by atoms with E-state index in [0.29, 0.717) is 22.9 Å². The van der Waals surface area contributed by atoms with Gasteiger partial charge in [0.1, 0.15) is 6.61 Å². The molecule has 1 aliphatic heterocycles. The summed E-state index contributed by atoms with van der Waals surface area (Å²) in [6.45, 7) is 0.374. The van der Waals surface area contributed by atoms with Crippen molar-refractivity contribution in [3.63, 3.8) is 0 Å². The Kier molecular flexibility index (Phi) is 4.08. The summed E-state index contributed by atoms with van der Waals surface area (Å²) in [4.78, 5) is 13.3. The lowest BCUT2D eigenvalue weighted by Crippen LogP contribution is -2.16. The normalized spacial score (nSPS) is 16.5. The maximum absolute atomic E-state index is 12.0. The molecule has 0 saturated carbocycles. The summed E-state index contributed by atoms with van der Waals surface area (Å²) in [6, 6.07) is 13.0. The molecule has 3 rings (SSSR count). The minimum Gasteiger partial charge on any atom is -0.461 e. The van der Waals surface area contributed by atoms with Crippen molar-refractivity contribution >= 4 is 35.0 Å². The molecule has 0 radical (unpaired) electrons. The largest absolute Gasteiger partial charge is 0.461 e. The highest BCUT2D eigenvalue weighted by atomic mass is 35.5. The average Bonchev–Trinajstić information content (AvgIpc) is 2.87. The van der Waals surface area contributed by atoms with Gasteiger partial charge in [-0.2, -0.15) is 0 Å². The summed E-state index contributed by atoms with van der Waals surface area (Å²) in [5, 5.41) is 0.585. The number of nitrogen functional groups attached to an aromatic ring is 1. The van der Waals surface area contributed by atoms with Gasteiger partial charge in [-0.15, -0.1) is 11.8 Å². The zero-order valence-electron chi connectivity index (χ0n) is 11.2. The number of benzene rings is 2. The highest BCUT2D eigenvalue weighted by molar-refractivity contribution is 8.00. The molecule has 1 atom stereocenters. The smallest absolute Gasteiger partial charge is 0.339 e. The van der Waals surface area contributed by atoms with E-state index in [1.54, 1.807) is 30.0 Å². The van der Waals surface area contributed by atoms with Gasteiger partial charge in [0.2, 0.25) is 0 Å². The van der Waals surface area contributed by atoms with Crippen LogP contribution in [-0.4, -0.2) is 17.8 Å². The van der Waals surface area contributed by atoms with Crippen molar-refractivity contribution in [3.8, 4) is 0 Å². The summed E-state index contributed by atoms with van der Waals surface area (Å²) in [5.41, 5.74) is 7.80. The zero-order valence-corrected chi connectivity index (χ0v) is 12.8. The second kappa shape index (κ2) is 6.00. The van der Waals surface area contributed by atoms with Crippen LogP contribution in [0.2, 0.25) is 5.02 Å². The van der Waals surface area contributed by atoms with Gasteiger partial charge in [-0.3, -0.25) is 0 Å². The molecule has 21 heavy (non-hydrogen) atoms. The Morgan fingerprint density at radius 3 is 2.90 bits per heavy atom. The molecule has 108 valence electrons. The molecule has 0 spiro atoms. The summed E-state index contributed by atoms with van der Waals surface area (Å²) in [5.74, 6) is -0.406. The molecule has 0 aromatic heterocycles. The first-order valence-corrected chi connectivity index (χ1v) is 7.86. The van der Waals surface area contributed by atoms with E-state index < -0.39 is 5.97 Å². The van der Waals surface area contributed by atoms with Crippen LogP contribution in [0.1, 0.15) is 15.9 Å². The predicted octanol–water partition coefficient (Wildman–Crippen LogP) is 3.80. The van der Waals surface area contributed by atoms with Gasteiger partial charge < -0.3 is 10.5 Å². The number of esters is 1. The van der Waals surface area contributed by atoms with Gasteiger partial charge in [-0.1, -0.05) is 29.8 Å². The molecule has 0 aliphatic carbocycles. The van der Waals surface area contributed by atoms with Crippen LogP contribution in [0, 0.1) is 0 Å². The number of rotatable bonds is 3. The van der Waals surface area contributed by atoms with Crippen LogP contribution in [0.5, 0.6) is 0 Å². The zero-order chi connectivity index (χ0) is 14.8. The Labute approximate surface area is 132 Å². The SMILES string of the molecule is Nc1ccc(C(=O)OCC2Cc3ccccc3S2)c(Cl)c1. The molecular weight excluding hydrogens is 306 g/mol. The second-order valence-corrected chi connectivity index (χ2v) is 6.64. The van der Waals surface area contributed by atoms with Crippen LogP contribution in [0.3, 0.4) is 0 Å². The molecule has 0 bridgehead atoms. The number of ether oxygens (including phenoxy) is 1. The lowest BCUT2D eigenvalue weighted by Gasteiger charge is -2.10. The van der Waals surface area contributed by atoms with Gasteiger partial charge in [0, 0.05) is 15.8 Å².